The molecule has 0 radical (unpaired) electrons. The highest BCUT2D eigenvalue weighted by atomic mass is 15.2. The molecule has 0 saturated heterocycles. The Balaban J connectivity index is 1.21. The Morgan fingerprint density at radius 3 is 1.76 bits per heavy atom. The lowest BCUT2D eigenvalue weighted by Gasteiger charge is -2.17. The van der Waals surface area contributed by atoms with Crippen LogP contribution >= 0.6 is 0 Å². The lowest BCUT2D eigenvalue weighted by Crippen LogP contribution is -2.05. The summed E-state index contributed by atoms with van der Waals surface area (Å²) in [4.78, 5) is 11.3. The van der Waals surface area contributed by atoms with Gasteiger partial charge in [-0.3, -0.25) is 4.57 Å². The van der Waals surface area contributed by atoms with Crippen molar-refractivity contribution in [1.82, 2.24) is 18.9 Å². The third kappa shape index (κ3) is 4.29. The fourth-order valence-electron chi connectivity index (χ4n) is 9.80. The molecule has 268 valence electrons. The van der Waals surface area contributed by atoms with Gasteiger partial charge in [-0.2, -0.15) is 0 Å². The van der Waals surface area contributed by atoms with Gasteiger partial charge in [-0.25, -0.2) is 9.97 Å². The summed E-state index contributed by atoms with van der Waals surface area (Å²) in [7, 11) is 0. The van der Waals surface area contributed by atoms with Crippen molar-refractivity contribution in [3.8, 4) is 39.5 Å². The van der Waals surface area contributed by atoms with Crippen LogP contribution < -0.4 is 0 Å². The Kier molecular flexibility index (Phi) is 6.41. The van der Waals surface area contributed by atoms with E-state index in [-0.39, 0.29) is 0 Å². The predicted molar refractivity (Wildman–Crippen MR) is 242 cm³/mol. The minimum atomic E-state index is 0.646. The first kappa shape index (κ1) is 31.4. The van der Waals surface area contributed by atoms with Crippen molar-refractivity contribution in [3.63, 3.8) is 0 Å². The van der Waals surface area contributed by atoms with Crippen LogP contribution in [0.4, 0.5) is 0 Å². The van der Waals surface area contributed by atoms with Gasteiger partial charge in [-0.1, -0.05) is 158 Å². The highest BCUT2D eigenvalue weighted by Crippen LogP contribution is 2.45. The molecule has 0 bridgehead atoms. The fraction of sp³-hybridized carbons (Fsp3) is 0. The molecule has 4 aromatic heterocycles. The first-order chi connectivity index (χ1) is 28.8. The number of hydrogen-bond donors (Lipinski definition) is 0. The zero-order valence-electron chi connectivity index (χ0n) is 31.3. The topological polar surface area (TPSA) is 35.1 Å². The summed E-state index contributed by atoms with van der Waals surface area (Å²) in [6, 6.07) is 70.0. The van der Waals surface area contributed by atoms with Gasteiger partial charge >= 0.3 is 0 Å². The molecule has 0 aliphatic carbocycles. The minimum Gasteiger partial charge on any atom is -0.308 e. The number of para-hydroxylation sites is 2. The Bertz CT molecular complexity index is 3780. The van der Waals surface area contributed by atoms with Crippen molar-refractivity contribution < 1.29 is 0 Å². The maximum absolute atomic E-state index is 5.70. The second-order valence-electron chi connectivity index (χ2n) is 15.3. The summed E-state index contributed by atoms with van der Waals surface area (Å²) in [5.41, 5.74) is 13.2. The van der Waals surface area contributed by atoms with Gasteiger partial charge in [0, 0.05) is 43.4 Å². The first-order valence-corrected chi connectivity index (χ1v) is 19.8. The van der Waals surface area contributed by atoms with Crippen molar-refractivity contribution in [2.24, 2.45) is 0 Å². The second-order valence-corrected chi connectivity index (χ2v) is 15.3. The van der Waals surface area contributed by atoms with Gasteiger partial charge in [-0.05, 0) is 69.2 Å². The molecule has 58 heavy (non-hydrogen) atoms. The number of rotatable bonds is 4. The number of hydrogen-bond acceptors (Lipinski definition) is 2. The number of aromatic nitrogens is 4. The molecule has 0 unspecified atom stereocenters. The lowest BCUT2D eigenvalue weighted by atomic mass is 9.92. The second kappa shape index (κ2) is 11.8. The van der Waals surface area contributed by atoms with E-state index in [2.05, 4.69) is 203 Å². The van der Waals surface area contributed by atoms with Crippen LogP contribution in [0.2, 0.25) is 0 Å². The Hall–Kier alpha value is -7.82. The van der Waals surface area contributed by atoms with Crippen LogP contribution in [0.1, 0.15) is 0 Å². The van der Waals surface area contributed by atoms with Crippen molar-refractivity contribution >= 4 is 81.6 Å². The van der Waals surface area contributed by atoms with Crippen LogP contribution in [0.5, 0.6) is 0 Å². The molecule has 0 spiro atoms. The van der Waals surface area contributed by atoms with Crippen LogP contribution in [0, 0.1) is 0 Å². The normalized spacial score (nSPS) is 12.1. The van der Waals surface area contributed by atoms with Gasteiger partial charge in [0.25, 0.3) is 0 Å². The van der Waals surface area contributed by atoms with Gasteiger partial charge in [0.2, 0.25) is 5.95 Å². The molecular formula is C54H32N4. The molecule has 13 rings (SSSR count). The maximum Gasteiger partial charge on any atom is 0.235 e. The number of fused-ring (bicyclic) bond motifs is 8. The molecule has 0 fully saturated rings. The van der Waals surface area contributed by atoms with E-state index in [4.69, 9.17) is 9.97 Å². The third-order valence-electron chi connectivity index (χ3n) is 12.2. The molecule has 0 amide bonds. The Morgan fingerprint density at radius 2 is 0.914 bits per heavy atom. The number of benzene rings is 9. The first-order valence-electron chi connectivity index (χ1n) is 19.8. The molecule has 0 atom stereocenters. The summed E-state index contributed by atoms with van der Waals surface area (Å²) in [5, 5.41) is 10.7. The molecule has 0 N–H and O–H groups in total. The van der Waals surface area contributed by atoms with Gasteiger partial charge in [-0.15, -0.1) is 0 Å². The highest BCUT2D eigenvalue weighted by molar-refractivity contribution is 6.31. The van der Waals surface area contributed by atoms with Crippen molar-refractivity contribution in [1.29, 1.82) is 0 Å². The number of nitrogens with zero attached hydrogens (tertiary/aromatic N) is 4. The maximum atomic E-state index is 5.70. The largest absolute Gasteiger partial charge is 0.308 e. The molecule has 0 saturated carbocycles. The van der Waals surface area contributed by atoms with Crippen molar-refractivity contribution in [2.75, 3.05) is 0 Å². The lowest BCUT2D eigenvalue weighted by molar-refractivity contribution is 1.01. The van der Waals surface area contributed by atoms with E-state index in [9.17, 15) is 0 Å². The van der Waals surface area contributed by atoms with E-state index in [0.717, 1.165) is 55.1 Å². The average molecular weight is 737 g/mol. The third-order valence-corrected chi connectivity index (χ3v) is 12.2. The molecule has 0 aliphatic heterocycles. The Morgan fingerprint density at radius 1 is 0.345 bits per heavy atom. The monoisotopic (exact) mass is 736 g/mol. The zero-order chi connectivity index (χ0) is 37.9. The summed E-state index contributed by atoms with van der Waals surface area (Å²) in [5.74, 6) is 0.646. The van der Waals surface area contributed by atoms with E-state index in [1.165, 1.54) is 60.0 Å². The van der Waals surface area contributed by atoms with E-state index >= 15 is 0 Å². The summed E-state index contributed by atoms with van der Waals surface area (Å²) in [6.07, 6.45) is 0. The molecule has 4 heterocycles. The van der Waals surface area contributed by atoms with Crippen LogP contribution in [-0.2, 0) is 0 Å². The van der Waals surface area contributed by atoms with Gasteiger partial charge < -0.3 is 4.40 Å². The van der Waals surface area contributed by atoms with Crippen LogP contribution in [0.25, 0.3) is 121 Å². The van der Waals surface area contributed by atoms with E-state index in [1.54, 1.807) is 0 Å². The van der Waals surface area contributed by atoms with Crippen LogP contribution in [-0.4, -0.2) is 18.9 Å². The van der Waals surface area contributed by atoms with Gasteiger partial charge in [0.1, 0.15) is 0 Å². The van der Waals surface area contributed by atoms with Gasteiger partial charge in [0.05, 0.1) is 38.8 Å². The van der Waals surface area contributed by atoms with E-state index < -0.39 is 0 Å². The fourth-order valence-corrected chi connectivity index (χ4v) is 9.80. The van der Waals surface area contributed by atoms with Crippen LogP contribution in [0.3, 0.4) is 0 Å². The standard InChI is InChI=1S/C54H32N4/c1-3-15-33(16-4-1)35-20-11-21-36(31-35)43-32-37-19-7-8-22-38(37)49-51(34-17-5-2-6-18-34)55-54(56-52(43)49)58-45-28-13-24-40-42-26-12-25-41-39-23-9-10-27-44(39)57(53(41)42)46-29-14-30-47(58)50(46)48(40)45/h1-32H. The molecule has 0 aliphatic rings. The summed E-state index contributed by atoms with van der Waals surface area (Å²) < 4.78 is 4.78. The zero-order valence-corrected chi connectivity index (χ0v) is 31.3. The van der Waals surface area contributed by atoms with Crippen molar-refractivity contribution in [2.45, 2.75) is 0 Å². The Labute approximate surface area is 332 Å². The molecule has 9 aromatic carbocycles. The molecule has 13 aromatic rings. The van der Waals surface area contributed by atoms with Crippen LogP contribution in [0.15, 0.2) is 194 Å². The highest BCUT2D eigenvalue weighted by Gasteiger charge is 2.25. The quantitative estimate of drug-likeness (QED) is 0.169. The average Bonchev–Trinajstić information content (AvgIpc) is 3.78. The van der Waals surface area contributed by atoms with E-state index in [1.807, 2.05) is 0 Å². The SMILES string of the molecule is c1ccc(-c2cccc(-c3cc4ccccc4c4c(-c5ccccc5)nc(-n5c6cccc7c8cccc9c%10ccccc%10n(c%10cccc5c%10c76)c89)nc34)c2)cc1. The summed E-state index contributed by atoms with van der Waals surface area (Å²) >= 11 is 0. The molecule has 4 heteroatoms. The van der Waals surface area contributed by atoms with Gasteiger partial charge in [0.15, 0.2) is 0 Å². The van der Waals surface area contributed by atoms with E-state index in [0.29, 0.717) is 5.95 Å². The predicted octanol–water partition coefficient (Wildman–Crippen LogP) is 14.0. The smallest absolute Gasteiger partial charge is 0.235 e. The summed E-state index contributed by atoms with van der Waals surface area (Å²) in [6.45, 7) is 0. The molecule has 4 nitrogen and oxygen atoms in total. The van der Waals surface area contributed by atoms with Crippen molar-refractivity contribution in [3.05, 3.63) is 194 Å². The minimum absolute atomic E-state index is 0.646. The molecular weight excluding hydrogens is 705 g/mol.